The predicted octanol–water partition coefficient (Wildman–Crippen LogP) is 3.75. The van der Waals surface area contributed by atoms with Gasteiger partial charge in [-0.3, -0.25) is 9.69 Å². The highest BCUT2D eigenvalue weighted by Crippen LogP contribution is 2.25. The number of aryl methyl sites for hydroxylation is 1. The summed E-state index contributed by atoms with van der Waals surface area (Å²) in [5.74, 6) is -0.169. The normalized spacial score (nSPS) is 15.5. The Bertz CT molecular complexity index is 1050. The number of para-hydroxylation sites is 2. The highest BCUT2D eigenvalue weighted by Gasteiger charge is 2.32. The van der Waals surface area contributed by atoms with Crippen LogP contribution in [0.2, 0.25) is 0 Å². The number of anilines is 1. The summed E-state index contributed by atoms with van der Waals surface area (Å²) >= 11 is 5.37. The first kappa shape index (κ1) is 17.2. The van der Waals surface area contributed by atoms with Gasteiger partial charge in [0.2, 0.25) is 0 Å². The molecule has 1 amide bonds. The van der Waals surface area contributed by atoms with Crippen LogP contribution in [-0.4, -0.2) is 20.8 Å². The summed E-state index contributed by atoms with van der Waals surface area (Å²) in [6, 6.07) is 19.3. The van der Waals surface area contributed by atoms with Gasteiger partial charge in [0.25, 0.3) is 5.91 Å². The van der Waals surface area contributed by atoms with Crippen LogP contribution >= 0.6 is 12.2 Å². The smallest absolute Gasteiger partial charge is 0.281 e. The number of hydrogen-bond acceptors (Lipinski definition) is 3. The van der Waals surface area contributed by atoms with Gasteiger partial charge in [-0.2, -0.15) is 5.10 Å². The van der Waals surface area contributed by atoms with Crippen molar-refractivity contribution in [2.75, 3.05) is 4.90 Å². The van der Waals surface area contributed by atoms with E-state index in [4.69, 9.17) is 12.2 Å². The molecular weight excluding hydrogens is 356 g/mol. The predicted molar refractivity (Wildman–Crippen MR) is 111 cm³/mol. The lowest BCUT2D eigenvalue weighted by atomic mass is 10.1. The summed E-state index contributed by atoms with van der Waals surface area (Å²) < 4.78 is 1.88. The summed E-state index contributed by atoms with van der Waals surface area (Å²) in [6.07, 6.45) is 1.83. The van der Waals surface area contributed by atoms with E-state index < -0.39 is 0 Å². The van der Waals surface area contributed by atoms with Crippen LogP contribution in [0.25, 0.3) is 11.8 Å². The van der Waals surface area contributed by atoms with Crippen LogP contribution in [0.3, 0.4) is 0 Å². The number of carbonyl (C=O) groups is 1. The van der Waals surface area contributed by atoms with Crippen molar-refractivity contribution in [3.05, 3.63) is 83.3 Å². The number of aromatic nitrogens is 2. The first-order valence-electron chi connectivity index (χ1n) is 8.60. The quantitative estimate of drug-likeness (QED) is 0.560. The van der Waals surface area contributed by atoms with Gasteiger partial charge in [0, 0.05) is 11.3 Å². The van der Waals surface area contributed by atoms with Gasteiger partial charge in [0.05, 0.1) is 17.1 Å². The zero-order valence-corrected chi connectivity index (χ0v) is 15.8. The number of benzene rings is 2. The fourth-order valence-corrected chi connectivity index (χ4v) is 3.47. The Hall–Kier alpha value is -3.25. The third-order valence-corrected chi connectivity index (χ3v) is 4.81. The lowest BCUT2D eigenvalue weighted by Gasteiger charge is -2.13. The van der Waals surface area contributed by atoms with Gasteiger partial charge in [-0.1, -0.05) is 36.4 Å². The zero-order valence-electron chi connectivity index (χ0n) is 15.0. The van der Waals surface area contributed by atoms with E-state index >= 15 is 0 Å². The van der Waals surface area contributed by atoms with Crippen molar-refractivity contribution >= 4 is 35.0 Å². The molecule has 2 heterocycles. The number of amides is 1. The van der Waals surface area contributed by atoms with Gasteiger partial charge in [-0.05, 0) is 56.4 Å². The minimum Gasteiger partial charge on any atom is -0.327 e. The van der Waals surface area contributed by atoms with Crippen molar-refractivity contribution in [1.82, 2.24) is 15.1 Å². The Labute approximate surface area is 162 Å². The second-order valence-corrected chi connectivity index (χ2v) is 6.68. The molecule has 0 saturated carbocycles. The van der Waals surface area contributed by atoms with Crippen LogP contribution in [0.4, 0.5) is 5.69 Å². The molecule has 0 radical (unpaired) electrons. The van der Waals surface area contributed by atoms with Gasteiger partial charge >= 0.3 is 0 Å². The van der Waals surface area contributed by atoms with Gasteiger partial charge in [0.15, 0.2) is 5.11 Å². The van der Waals surface area contributed by atoms with Crippen LogP contribution in [0.15, 0.2) is 66.4 Å². The van der Waals surface area contributed by atoms with E-state index in [9.17, 15) is 4.79 Å². The molecule has 1 N–H and O–H groups in total. The van der Waals surface area contributed by atoms with Crippen molar-refractivity contribution in [3.63, 3.8) is 0 Å². The second-order valence-electron chi connectivity index (χ2n) is 6.30. The van der Waals surface area contributed by atoms with E-state index in [2.05, 4.69) is 10.4 Å². The lowest BCUT2D eigenvalue weighted by molar-refractivity contribution is -0.113. The van der Waals surface area contributed by atoms with Crippen LogP contribution < -0.4 is 10.2 Å². The van der Waals surface area contributed by atoms with Gasteiger partial charge in [0.1, 0.15) is 5.70 Å². The molecule has 1 saturated heterocycles. The minimum atomic E-state index is -0.169. The Morgan fingerprint density at radius 3 is 2.19 bits per heavy atom. The molecule has 0 aliphatic carbocycles. The van der Waals surface area contributed by atoms with E-state index in [1.165, 1.54) is 4.90 Å². The highest BCUT2D eigenvalue weighted by molar-refractivity contribution is 7.80. The summed E-state index contributed by atoms with van der Waals surface area (Å²) in [7, 11) is 0. The molecule has 4 rings (SSSR count). The van der Waals surface area contributed by atoms with E-state index in [-0.39, 0.29) is 5.91 Å². The SMILES string of the molecule is Cc1nn(-c2ccccc2)c(C)c1C=C1NC(=S)N(c2ccccc2)C1=O. The Kier molecular flexibility index (Phi) is 4.33. The molecule has 6 heteroatoms. The number of carbonyl (C=O) groups excluding carboxylic acids is 1. The maximum atomic E-state index is 12.9. The van der Waals surface area contributed by atoms with Gasteiger partial charge < -0.3 is 5.32 Å². The highest BCUT2D eigenvalue weighted by atomic mass is 32.1. The summed E-state index contributed by atoms with van der Waals surface area (Å²) in [5, 5.41) is 8.04. The van der Waals surface area contributed by atoms with Crippen molar-refractivity contribution in [1.29, 1.82) is 0 Å². The van der Waals surface area contributed by atoms with E-state index in [1.54, 1.807) is 0 Å². The molecular formula is C21H18N4OS. The number of nitrogens with zero attached hydrogens (tertiary/aromatic N) is 3. The standard InChI is InChI=1S/C21H18N4OS/c1-14-18(15(2)25(23-14)17-11-7-4-8-12-17)13-19-20(26)24(21(27)22-19)16-9-5-3-6-10-16/h3-13H,1-2H3,(H,22,27). The Morgan fingerprint density at radius 2 is 1.56 bits per heavy atom. The number of nitrogens with one attached hydrogen (secondary N) is 1. The molecule has 0 atom stereocenters. The first-order valence-corrected chi connectivity index (χ1v) is 9.01. The van der Waals surface area contributed by atoms with Gasteiger partial charge in [-0.15, -0.1) is 0 Å². The Balaban J connectivity index is 1.72. The molecule has 3 aromatic rings. The molecule has 0 spiro atoms. The first-order chi connectivity index (χ1) is 13.1. The number of thiocarbonyl (C=S) groups is 1. The summed E-state index contributed by atoms with van der Waals surface area (Å²) in [4.78, 5) is 14.4. The Morgan fingerprint density at radius 1 is 0.963 bits per heavy atom. The van der Waals surface area contributed by atoms with Crippen LogP contribution in [0.5, 0.6) is 0 Å². The van der Waals surface area contributed by atoms with Crippen molar-refractivity contribution in [2.45, 2.75) is 13.8 Å². The molecule has 27 heavy (non-hydrogen) atoms. The molecule has 134 valence electrons. The minimum absolute atomic E-state index is 0.169. The third-order valence-electron chi connectivity index (χ3n) is 4.53. The topological polar surface area (TPSA) is 50.2 Å². The maximum Gasteiger partial charge on any atom is 0.281 e. The number of rotatable bonds is 3. The molecule has 1 aliphatic rings. The molecule has 1 aliphatic heterocycles. The molecule has 1 fully saturated rings. The van der Waals surface area contributed by atoms with Crippen LogP contribution in [0.1, 0.15) is 17.0 Å². The van der Waals surface area contributed by atoms with E-state index in [0.29, 0.717) is 10.8 Å². The molecule has 5 nitrogen and oxygen atoms in total. The van der Waals surface area contributed by atoms with Crippen molar-refractivity contribution in [3.8, 4) is 5.69 Å². The molecule has 2 aromatic carbocycles. The average molecular weight is 374 g/mol. The van der Waals surface area contributed by atoms with Crippen molar-refractivity contribution < 1.29 is 4.79 Å². The summed E-state index contributed by atoms with van der Waals surface area (Å²) in [5.41, 5.74) is 4.90. The van der Waals surface area contributed by atoms with E-state index in [1.807, 2.05) is 85.3 Å². The second kappa shape index (κ2) is 6.81. The zero-order chi connectivity index (χ0) is 19.0. The fourth-order valence-electron chi connectivity index (χ4n) is 3.18. The van der Waals surface area contributed by atoms with Crippen LogP contribution in [0, 0.1) is 13.8 Å². The summed E-state index contributed by atoms with van der Waals surface area (Å²) in [6.45, 7) is 3.93. The average Bonchev–Trinajstić information content (AvgIpc) is 3.13. The van der Waals surface area contributed by atoms with Crippen molar-refractivity contribution in [2.24, 2.45) is 0 Å². The lowest BCUT2D eigenvalue weighted by Crippen LogP contribution is -2.30. The molecule has 1 aromatic heterocycles. The molecule has 0 bridgehead atoms. The van der Waals surface area contributed by atoms with E-state index in [0.717, 1.165) is 28.3 Å². The maximum absolute atomic E-state index is 12.9. The monoisotopic (exact) mass is 374 g/mol. The van der Waals surface area contributed by atoms with Crippen LogP contribution in [-0.2, 0) is 4.79 Å². The molecule has 0 unspecified atom stereocenters. The number of hydrogen-bond donors (Lipinski definition) is 1. The van der Waals surface area contributed by atoms with Gasteiger partial charge in [-0.25, -0.2) is 4.68 Å². The fraction of sp³-hybridized carbons (Fsp3) is 0.0952. The largest absolute Gasteiger partial charge is 0.327 e. The third kappa shape index (κ3) is 3.04.